The van der Waals surface area contributed by atoms with Crippen molar-refractivity contribution in [1.82, 2.24) is 4.31 Å². The molecule has 0 N–H and O–H groups in total. The molecule has 1 atom stereocenters. The second-order valence-electron chi connectivity index (χ2n) is 7.13. The van der Waals surface area contributed by atoms with Gasteiger partial charge in [0.15, 0.2) is 5.05 Å². The van der Waals surface area contributed by atoms with E-state index >= 15 is 0 Å². The van der Waals surface area contributed by atoms with Crippen molar-refractivity contribution in [1.29, 1.82) is 0 Å². The van der Waals surface area contributed by atoms with Crippen molar-refractivity contribution in [2.24, 2.45) is 0 Å². The van der Waals surface area contributed by atoms with E-state index in [2.05, 4.69) is 0 Å². The van der Waals surface area contributed by atoms with Crippen LogP contribution in [0.5, 0.6) is 5.75 Å². The van der Waals surface area contributed by atoms with Gasteiger partial charge in [-0.15, -0.1) is 0 Å². The van der Waals surface area contributed by atoms with Crippen LogP contribution in [0.25, 0.3) is 0 Å². The number of hydrogen-bond donors (Lipinski definition) is 0. The number of rotatable bonds is 9. The van der Waals surface area contributed by atoms with E-state index < -0.39 is 10.0 Å². The molecule has 1 heterocycles. The van der Waals surface area contributed by atoms with E-state index in [-0.39, 0.29) is 11.8 Å². The molecule has 0 unspecified atom stereocenters. The summed E-state index contributed by atoms with van der Waals surface area (Å²) in [5.74, 6) is 0.828. The molecule has 1 saturated heterocycles. The smallest absolute Gasteiger partial charge is 0.218 e. The predicted octanol–water partition coefficient (Wildman–Crippen LogP) is 3.97. The van der Waals surface area contributed by atoms with Crippen LogP contribution < -0.4 is 4.74 Å². The van der Waals surface area contributed by atoms with Crippen molar-refractivity contribution in [3.63, 3.8) is 0 Å². The van der Waals surface area contributed by atoms with E-state index in [0.717, 1.165) is 30.6 Å². The number of benzene rings is 2. The third kappa shape index (κ3) is 6.01. The van der Waals surface area contributed by atoms with Crippen molar-refractivity contribution in [3.8, 4) is 5.75 Å². The lowest BCUT2D eigenvalue weighted by Crippen LogP contribution is -2.41. The number of thiocarbonyl (C=S) groups is 1. The first-order valence-corrected chi connectivity index (χ1v) is 11.8. The highest BCUT2D eigenvalue weighted by Gasteiger charge is 2.37. The first-order chi connectivity index (χ1) is 14.0. The lowest BCUT2D eigenvalue weighted by Gasteiger charge is -2.24. The van der Waals surface area contributed by atoms with Gasteiger partial charge in [-0.05, 0) is 61.2 Å². The molecule has 0 spiro atoms. The van der Waals surface area contributed by atoms with Gasteiger partial charge in [0.25, 0.3) is 0 Å². The van der Waals surface area contributed by atoms with Crippen LogP contribution in [0.4, 0.5) is 0 Å². The lowest BCUT2D eigenvalue weighted by atomic mass is 10.1. The fraction of sp³-hybridized carbons (Fsp3) is 0.409. The van der Waals surface area contributed by atoms with Crippen LogP contribution in [0.3, 0.4) is 0 Å². The Morgan fingerprint density at radius 1 is 1.10 bits per heavy atom. The number of sulfonamides is 1. The van der Waals surface area contributed by atoms with Crippen molar-refractivity contribution in [3.05, 3.63) is 65.7 Å². The largest absolute Gasteiger partial charge is 0.497 e. The van der Waals surface area contributed by atoms with Crippen LogP contribution in [0.1, 0.15) is 30.4 Å². The van der Waals surface area contributed by atoms with E-state index in [4.69, 9.17) is 21.7 Å². The number of aryl methyl sites for hydroxylation is 1. The maximum Gasteiger partial charge on any atom is 0.218 e. The Morgan fingerprint density at radius 3 is 2.52 bits per heavy atom. The van der Waals surface area contributed by atoms with Gasteiger partial charge in [0.2, 0.25) is 10.0 Å². The van der Waals surface area contributed by atoms with Gasteiger partial charge in [-0.2, -0.15) is 4.31 Å². The summed E-state index contributed by atoms with van der Waals surface area (Å²) in [4.78, 5) is 0. The maximum atomic E-state index is 12.9. The van der Waals surface area contributed by atoms with Crippen molar-refractivity contribution in [2.45, 2.75) is 37.5 Å². The second-order valence-corrected chi connectivity index (χ2v) is 9.45. The third-order valence-corrected chi connectivity index (χ3v) is 7.28. The highest BCUT2D eigenvalue weighted by molar-refractivity contribution is 7.88. The summed E-state index contributed by atoms with van der Waals surface area (Å²) >= 11 is 5.44. The third-order valence-electron chi connectivity index (χ3n) is 5.04. The molecule has 1 aliphatic rings. The van der Waals surface area contributed by atoms with Crippen LogP contribution in [-0.4, -0.2) is 44.1 Å². The minimum atomic E-state index is -3.43. The van der Waals surface area contributed by atoms with Crippen LogP contribution in [0, 0.1) is 0 Å². The van der Waals surface area contributed by atoms with E-state index in [1.807, 2.05) is 54.6 Å². The molecule has 7 heteroatoms. The molecule has 2 aromatic carbocycles. The van der Waals surface area contributed by atoms with Gasteiger partial charge < -0.3 is 9.47 Å². The Bertz CT molecular complexity index is 898. The highest BCUT2D eigenvalue weighted by Crippen LogP contribution is 2.25. The van der Waals surface area contributed by atoms with Gasteiger partial charge in [-0.25, -0.2) is 8.42 Å². The Morgan fingerprint density at radius 2 is 1.83 bits per heavy atom. The van der Waals surface area contributed by atoms with Gasteiger partial charge in [-0.1, -0.05) is 42.5 Å². The molecule has 0 bridgehead atoms. The minimum Gasteiger partial charge on any atom is -0.497 e. The standard InChI is InChI=1S/C22H27NO4S2/c1-26-20-13-11-18(12-14-20)9-6-16-27-22(28)21-10-5-15-23(21)29(24,25)17-19-7-3-2-4-8-19/h2-4,7-8,11-14,21H,5-6,9-10,15-17H2,1H3/t21-/m0/s1. The summed E-state index contributed by atoms with van der Waals surface area (Å²) in [6.07, 6.45) is 3.20. The quantitative estimate of drug-likeness (QED) is 0.442. The topological polar surface area (TPSA) is 55.8 Å². The fourth-order valence-corrected chi connectivity index (χ4v) is 5.68. The van der Waals surface area contributed by atoms with E-state index in [1.54, 1.807) is 7.11 Å². The average molecular weight is 434 g/mol. The summed E-state index contributed by atoms with van der Waals surface area (Å²) in [7, 11) is -1.78. The summed E-state index contributed by atoms with van der Waals surface area (Å²) in [6.45, 7) is 0.975. The Hall–Kier alpha value is -1.96. The molecule has 0 saturated carbocycles. The van der Waals surface area contributed by atoms with Gasteiger partial charge in [0.05, 0.1) is 25.5 Å². The fourth-order valence-electron chi connectivity index (χ4n) is 3.51. The summed E-state index contributed by atoms with van der Waals surface area (Å²) in [6, 6.07) is 16.8. The molecule has 0 radical (unpaired) electrons. The zero-order chi connectivity index (χ0) is 20.7. The summed E-state index contributed by atoms with van der Waals surface area (Å²) < 4.78 is 38.2. The molecule has 3 rings (SSSR count). The number of methoxy groups -OCH3 is 1. The SMILES string of the molecule is COc1ccc(CCCOC(=S)[C@@H]2CCCN2S(=O)(=O)Cc2ccccc2)cc1. The highest BCUT2D eigenvalue weighted by atomic mass is 32.2. The van der Waals surface area contributed by atoms with E-state index in [0.29, 0.717) is 24.6 Å². The molecule has 1 fully saturated rings. The van der Waals surface area contributed by atoms with E-state index in [9.17, 15) is 8.42 Å². The number of ether oxygens (including phenoxy) is 2. The van der Waals surface area contributed by atoms with Crippen molar-refractivity contribution in [2.75, 3.05) is 20.3 Å². The van der Waals surface area contributed by atoms with Crippen LogP contribution in [-0.2, 0) is 26.9 Å². The molecular weight excluding hydrogens is 406 g/mol. The summed E-state index contributed by atoms with van der Waals surface area (Å²) in [5.41, 5.74) is 1.98. The molecule has 29 heavy (non-hydrogen) atoms. The molecule has 2 aromatic rings. The van der Waals surface area contributed by atoms with Gasteiger partial charge in [-0.3, -0.25) is 0 Å². The number of hydrogen-bond acceptors (Lipinski definition) is 5. The average Bonchev–Trinajstić information content (AvgIpc) is 3.23. The first kappa shape index (κ1) is 21.7. The molecule has 0 aliphatic carbocycles. The summed E-state index contributed by atoms with van der Waals surface area (Å²) in [5, 5.41) is 0.383. The first-order valence-electron chi connectivity index (χ1n) is 9.82. The lowest BCUT2D eigenvalue weighted by molar-refractivity contribution is 0.277. The zero-order valence-electron chi connectivity index (χ0n) is 16.6. The van der Waals surface area contributed by atoms with Crippen LogP contribution >= 0.6 is 12.2 Å². The van der Waals surface area contributed by atoms with Gasteiger partial charge in [0, 0.05) is 6.54 Å². The minimum absolute atomic E-state index is 0.00950. The second kappa shape index (κ2) is 10.2. The van der Waals surface area contributed by atoms with Crippen LogP contribution in [0.15, 0.2) is 54.6 Å². The van der Waals surface area contributed by atoms with Crippen molar-refractivity contribution >= 4 is 27.3 Å². The van der Waals surface area contributed by atoms with Crippen molar-refractivity contribution < 1.29 is 17.9 Å². The maximum absolute atomic E-state index is 12.9. The molecule has 1 aliphatic heterocycles. The Balaban J connectivity index is 1.50. The Labute approximate surface area is 178 Å². The number of nitrogens with zero attached hydrogens (tertiary/aromatic N) is 1. The van der Waals surface area contributed by atoms with Gasteiger partial charge >= 0.3 is 0 Å². The Kier molecular flexibility index (Phi) is 7.64. The molecule has 5 nitrogen and oxygen atoms in total. The molecule has 156 valence electrons. The molecular formula is C22H27NO4S2. The predicted molar refractivity (Wildman–Crippen MR) is 119 cm³/mol. The monoisotopic (exact) mass is 433 g/mol. The van der Waals surface area contributed by atoms with Crippen LogP contribution in [0.2, 0.25) is 0 Å². The molecule has 0 amide bonds. The van der Waals surface area contributed by atoms with Gasteiger partial charge in [0.1, 0.15) is 5.75 Å². The normalized spacial score (nSPS) is 17.2. The van der Waals surface area contributed by atoms with E-state index in [1.165, 1.54) is 9.87 Å². The zero-order valence-corrected chi connectivity index (χ0v) is 18.3. The molecule has 0 aromatic heterocycles.